The minimum Gasteiger partial charge on any atom is -0.357 e. The number of carbonyl (C=O) groups is 2. The van der Waals surface area contributed by atoms with Crippen molar-refractivity contribution in [1.82, 2.24) is 10.2 Å². The SMILES string of the molecule is CC[C@H](C(=O)NC)N(Cc1ccccc1Cl)C(=O)CN(c1ccccc1)S(C)(=O)=O. The summed E-state index contributed by atoms with van der Waals surface area (Å²) in [6.07, 6.45) is 1.40. The fourth-order valence-electron chi connectivity index (χ4n) is 3.10. The second-order valence-corrected chi connectivity index (χ2v) is 9.07. The molecule has 30 heavy (non-hydrogen) atoms. The molecule has 2 aromatic carbocycles. The summed E-state index contributed by atoms with van der Waals surface area (Å²) in [6.45, 7) is 1.44. The van der Waals surface area contributed by atoms with E-state index in [1.54, 1.807) is 61.5 Å². The van der Waals surface area contributed by atoms with Crippen LogP contribution in [0.2, 0.25) is 5.02 Å². The van der Waals surface area contributed by atoms with Crippen LogP contribution in [0.15, 0.2) is 54.6 Å². The Kier molecular flexibility index (Phi) is 8.25. The number of nitrogens with one attached hydrogen (secondary N) is 1. The van der Waals surface area contributed by atoms with Gasteiger partial charge < -0.3 is 10.2 Å². The maximum atomic E-state index is 13.3. The molecule has 2 rings (SSSR count). The highest BCUT2D eigenvalue weighted by molar-refractivity contribution is 7.92. The van der Waals surface area contributed by atoms with Gasteiger partial charge in [-0.2, -0.15) is 0 Å². The molecule has 0 aliphatic rings. The molecule has 0 aliphatic carbocycles. The molecule has 0 aliphatic heterocycles. The van der Waals surface area contributed by atoms with Gasteiger partial charge in [-0.1, -0.05) is 54.9 Å². The highest BCUT2D eigenvalue weighted by Gasteiger charge is 2.31. The minimum atomic E-state index is -3.73. The van der Waals surface area contributed by atoms with Crippen molar-refractivity contribution in [1.29, 1.82) is 0 Å². The third-order valence-electron chi connectivity index (χ3n) is 4.65. The molecule has 1 N–H and O–H groups in total. The van der Waals surface area contributed by atoms with E-state index in [1.165, 1.54) is 11.9 Å². The largest absolute Gasteiger partial charge is 0.357 e. The Labute approximate surface area is 182 Å². The van der Waals surface area contributed by atoms with Crippen LogP contribution in [0, 0.1) is 0 Å². The molecule has 1 atom stereocenters. The first kappa shape index (κ1) is 23.7. The van der Waals surface area contributed by atoms with Crippen LogP contribution < -0.4 is 9.62 Å². The van der Waals surface area contributed by atoms with Crippen molar-refractivity contribution < 1.29 is 18.0 Å². The summed E-state index contributed by atoms with van der Waals surface area (Å²) in [7, 11) is -2.23. The number of amides is 2. The highest BCUT2D eigenvalue weighted by Crippen LogP contribution is 2.22. The lowest BCUT2D eigenvalue weighted by atomic mass is 10.1. The van der Waals surface area contributed by atoms with Crippen LogP contribution >= 0.6 is 11.6 Å². The molecule has 2 amide bonds. The molecule has 2 aromatic rings. The van der Waals surface area contributed by atoms with E-state index in [-0.39, 0.29) is 12.5 Å². The van der Waals surface area contributed by atoms with E-state index < -0.39 is 28.5 Å². The van der Waals surface area contributed by atoms with Crippen LogP contribution in [0.4, 0.5) is 5.69 Å². The number of benzene rings is 2. The van der Waals surface area contributed by atoms with Crippen molar-refractivity contribution in [2.75, 3.05) is 24.2 Å². The predicted octanol–water partition coefficient (Wildman–Crippen LogP) is 2.66. The Morgan fingerprint density at radius 1 is 1.07 bits per heavy atom. The number of nitrogens with zero attached hydrogens (tertiary/aromatic N) is 2. The zero-order chi connectivity index (χ0) is 22.3. The van der Waals surface area contributed by atoms with Gasteiger partial charge in [0.2, 0.25) is 21.8 Å². The van der Waals surface area contributed by atoms with Gasteiger partial charge in [0.25, 0.3) is 0 Å². The first-order chi connectivity index (χ1) is 14.2. The molecule has 0 bridgehead atoms. The summed E-state index contributed by atoms with van der Waals surface area (Å²) in [5.74, 6) is -0.830. The lowest BCUT2D eigenvalue weighted by molar-refractivity contribution is -0.140. The number of halogens is 1. The molecule has 0 spiro atoms. The van der Waals surface area contributed by atoms with Crippen LogP contribution in [0.3, 0.4) is 0 Å². The van der Waals surface area contributed by atoms with Crippen molar-refractivity contribution in [2.45, 2.75) is 25.9 Å². The summed E-state index contributed by atoms with van der Waals surface area (Å²) in [4.78, 5) is 27.1. The van der Waals surface area contributed by atoms with Gasteiger partial charge >= 0.3 is 0 Å². The Morgan fingerprint density at radius 3 is 2.20 bits per heavy atom. The number of anilines is 1. The predicted molar refractivity (Wildman–Crippen MR) is 119 cm³/mol. The molecule has 0 aromatic heterocycles. The molecule has 0 fully saturated rings. The van der Waals surface area contributed by atoms with Crippen LogP contribution in [0.5, 0.6) is 0 Å². The van der Waals surface area contributed by atoms with Gasteiger partial charge in [0.15, 0.2) is 0 Å². The van der Waals surface area contributed by atoms with Crippen LogP contribution in [-0.4, -0.2) is 51.0 Å². The standard InChI is InChI=1S/C21H26ClN3O4S/c1-4-19(21(27)23-2)24(14-16-10-8-9-13-18(16)22)20(26)15-25(30(3,28)29)17-11-6-5-7-12-17/h5-13,19H,4,14-15H2,1-3H3,(H,23,27)/t19-/m1/s1. The van der Waals surface area contributed by atoms with E-state index in [4.69, 9.17) is 11.6 Å². The highest BCUT2D eigenvalue weighted by atomic mass is 35.5. The van der Waals surface area contributed by atoms with Crippen molar-refractivity contribution in [3.8, 4) is 0 Å². The van der Waals surface area contributed by atoms with Gasteiger partial charge in [-0.05, 0) is 30.2 Å². The third kappa shape index (κ3) is 5.96. The fraction of sp³-hybridized carbons (Fsp3) is 0.333. The molecule has 9 heteroatoms. The number of hydrogen-bond donors (Lipinski definition) is 1. The van der Waals surface area contributed by atoms with Gasteiger partial charge in [-0.25, -0.2) is 8.42 Å². The smallest absolute Gasteiger partial charge is 0.244 e. The first-order valence-electron chi connectivity index (χ1n) is 9.46. The molecule has 0 radical (unpaired) electrons. The van der Waals surface area contributed by atoms with E-state index in [1.807, 2.05) is 0 Å². The van der Waals surface area contributed by atoms with Gasteiger partial charge in [-0.3, -0.25) is 13.9 Å². The second kappa shape index (κ2) is 10.4. The number of likely N-dealkylation sites (N-methyl/N-ethyl adjacent to an activating group) is 1. The van der Waals surface area contributed by atoms with Crippen molar-refractivity contribution >= 4 is 39.1 Å². The van der Waals surface area contributed by atoms with Crippen LogP contribution in [-0.2, 0) is 26.2 Å². The molecule has 0 unspecified atom stereocenters. The van der Waals surface area contributed by atoms with Gasteiger partial charge in [0.1, 0.15) is 12.6 Å². The maximum absolute atomic E-state index is 13.3. The van der Waals surface area contributed by atoms with E-state index in [9.17, 15) is 18.0 Å². The number of para-hydroxylation sites is 1. The molecular weight excluding hydrogens is 426 g/mol. The monoisotopic (exact) mass is 451 g/mol. The third-order valence-corrected chi connectivity index (χ3v) is 6.16. The zero-order valence-corrected chi connectivity index (χ0v) is 18.8. The lowest BCUT2D eigenvalue weighted by Crippen LogP contribution is -2.51. The Morgan fingerprint density at radius 2 is 1.67 bits per heavy atom. The normalized spacial score (nSPS) is 12.1. The number of sulfonamides is 1. The Balaban J connectivity index is 2.42. The molecule has 0 saturated carbocycles. The lowest BCUT2D eigenvalue weighted by Gasteiger charge is -2.32. The van der Waals surface area contributed by atoms with Gasteiger partial charge in [0.05, 0.1) is 11.9 Å². The summed E-state index contributed by atoms with van der Waals surface area (Å²) in [6, 6.07) is 14.6. The molecule has 0 saturated heterocycles. The van der Waals surface area contributed by atoms with Crippen molar-refractivity contribution in [3.05, 3.63) is 65.2 Å². The van der Waals surface area contributed by atoms with E-state index >= 15 is 0 Å². The molecule has 162 valence electrons. The number of rotatable bonds is 9. The average molecular weight is 452 g/mol. The summed E-state index contributed by atoms with van der Waals surface area (Å²) in [5, 5.41) is 3.03. The first-order valence-corrected chi connectivity index (χ1v) is 11.7. The van der Waals surface area contributed by atoms with E-state index in [2.05, 4.69) is 5.32 Å². The number of carbonyl (C=O) groups excluding carboxylic acids is 2. The summed E-state index contributed by atoms with van der Waals surface area (Å²) < 4.78 is 25.8. The van der Waals surface area contributed by atoms with Crippen molar-refractivity contribution in [3.63, 3.8) is 0 Å². The molecule has 0 heterocycles. The maximum Gasteiger partial charge on any atom is 0.244 e. The Hall–Kier alpha value is -2.58. The summed E-state index contributed by atoms with van der Waals surface area (Å²) >= 11 is 6.26. The zero-order valence-electron chi connectivity index (χ0n) is 17.2. The second-order valence-electron chi connectivity index (χ2n) is 6.76. The quantitative estimate of drug-likeness (QED) is 0.635. The van der Waals surface area contributed by atoms with E-state index in [0.29, 0.717) is 22.7 Å². The minimum absolute atomic E-state index is 0.0802. The topological polar surface area (TPSA) is 86.8 Å². The average Bonchev–Trinajstić information content (AvgIpc) is 2.72. The molecular formula is C21H26ClN3O4S. The summed E-state index contributed by atoms with van der Waals surface area (Å²) in [5.41, 5.74) is 1.04. The van der Waals surface area contributed by atoms with Crippen molar-refractivity contribution in [2.24, 2.45) is 0 Å². The van der Waals surface area contributed by atoms with Crippen LogP contribution in [0.25, 0.3) is 0 Å². The van der Waals surface area contributed by atoms with Gasteiger partial charge in [-0.15, -0.1) is 0 Å². The molecule has 7 nitrogen and oxygen atoms in total. The Bertz CT molecular complexity index is 983. The van der Waals surface area contributed by atoms with Crippen LogP contribution in [0.1, 0.15) is 18.9 Å². The fourth-order valence-corrected chi connectivity index (χ4v) is 4.15. The van der Waals surface area contributed by atoms with Gasteiger partial charge in [0, 0.05) is 18.6 Å². The van der Waals surface area contributed by atoms with E-state index in [0.717, 1.165) is 10.6 Å². The number of hydrogen-bond acceptors (Lipinski definition) is 4.